The van der Waals surface area contributed by atoms with Gasteiger partial charge in [0.05, 0.1) is 6.04 Å². The van der Waals surface area contributed by atoms with E-state index in [-0.39, 0.29) is 43.6 Å². The summed E-state index contributed by atoms with van der Waals surface area (Å²) < 4.78 is 0. The molecule has 3 amide bonds. The minimum Gasteiger partial charge on any atom is -0.480 e. The van der Waals surface area contributed by atoms with Crippen LogP contribution in [0.1, 0.15) is 59.8 Å². The quantitative estimate of drug-likeness (QED) is 0.0704. The zero-order valence-corrected chi connectivity index (χ0v) is 22.9. The standard InChI is InChI=1S/C23H45N7O5S/c1-13(2)11-17(21(33)30-18(22(34)35)12-14(3)4)29-20(32)16(7-6-9-27-23(25)26)28-19(31)15(24)8-10-36-5/h13-18H,6-12,24H2,1-5H3,(H,28,31)(H,29,32)(H,30,33)(H,34,35)(H4,25,26,27). The molecule has 13 heteroatoms. The summed E-state index contributed by atoms with van der Waals surface area (Å²) in [7, 11) is 0. The predicted octanol–water partition coefficient (Wildman–Crippen LogP) is -0.248. The van der Waals surface area contributed by atoms with Crippen molar-refractivity contribution in [2.45, 2.75) is 84.0 Å². The highest BCUT2D eigenvalue weighted by atomic mass is 32.2. The lowest BCUT2D eigenvalue weighted by atomic mass is 10.00. The molecule has 0 saturated carbocycles. The molecule has 0 rings (SSSR count). The Bertz CT molecular complexity index is 744. The number of nitrogens with zero attached hydrogens (tertiary/aromatic N) is 1. The first-order chi connectivity index (χ1) is 16.8. The summed E-state index contributed by atoms with van der Waals surface area (Å²) in [6.45, 7) is 7.73. The lowest BCUT2D eigenvalue weighted by molar-refractivity contribution is -0.143. The molecule has 0 spiro atoms. The van der Waals surface area contributed by atoms with Crippen LogP contribution in [0.5, 0.6) is 0 Å². The molecule has 4 unspecified atom stereocenters. The summed E-state index contributed by atoms with van der Waals surface area (Å²) in [5.41, 5.74) is 16.6. The number of nitrogens with two attached hydrogens (primary N) is 3. The predicted molar refractivity (Wildman–Crippen MR) is 143 cm³/mol. The van der Waals surface area contributed by atoms with Crippen LogP contribution in [0.25, 0.3) is 0 Å². The number of hydrogen-bond donors (Lipinski definition) is 7. The van der Waals surface area contributed by atoms with Gasteiger partial charge in [0.15, 0.2) is 5.96 Å². The van der Waals surface area contributed by atoms with Gasteiger partial charge in [0.25, 0.3) is 0 Å². The van der Waals surface area contributed by atoms with Crippen molar-refractivity contribution in [1.29, 1.82) is 0 Å². The molecule has 0 aliphatic carbocycles. The number of carboxylic acids is 1. The van der Waals surface area contributed by atoms with Gasteiger partial charge in [0, 0.05) is 6.54 Å². The van der Waals surface area contributed by atoms with Crippen LogP contribution in [0.3, 0.4) is 0 Å². The molecule has 0 aromatic heterocycles. The number of nitrogens with one attached hydrogen (secondary N) is 3. The van der Waals surface area contributed by atoms with Gasteiger partial charge in [-0.15, -0.1) is 0 Å². The van der Waals surface area contributed by atoms with Crippen molar-refractivity contribution in [3.63, 3.8) is 0 Å². The van der Waals surface area contributed by atoms with E-state index in [1.165, 1.54) is 0 Å². The van der Waals surface area contributed by atoms with Crippen LogP contribution in [0.15, 0.2) is 4.99 Å². The van der Waals surface area contributed by atoms with Crippen LogP contribution < -0.4 is 33.2 Å². The van der Waals surface area contributed by atoms with Gasteiger partial charge in [-0.3, -0.25) is 19.4 Å². The molecule has 0 fully saturated rings. The Balaban J connectivity index is 5.58. The molecule has 0 aromatic rings. The van der Waals surface area contributed by atoms with Crippen molar-refractivity contribution in [3.8, 4) is 0 Å². The van der Waals surface area contributed by atoms with Gasteiger partial charge < -0.3 is 38.3 Å². The number of aliphatic carboxylic acids is 1. The minimum absolute atomic E-state index is 0.0318. The topological polar surface area (TPSA) is 215 Å². The largest absolute Gasteiger partial charge is 0.480 e. The van der Waals surface area contributed by atoms with E-state index in [4.69, 9.17) is 17.2 Å². The Kier molecular flexibility index (Phi) is 16.6. The molecule has 0 saturated heterocycles. The molecule has 12 nitrogen and oxygen atoms in total. The molecule has 4 atom stereocenters. The number of rotatable bonds is 18. The number of thioether (sulfide) groups is 1. The highest BCUT2D eigenvalue weighted by molar-refractivity contribution is 7.98. The molecule has 208 valence electrons. The van der Waals surface area contributed by atoms with Crippen LogP contribution in [0.2, 0.25) is 0 Å². The van der Waals surface area contributed by atoms with E-state index in [2.05, 4.69) is 20.9 Å². The Morgan fingerprint density at radius 3 is 1.83 bits per heavy atom. The molecule has 0 aromatic carbocycles. The molecule has 10 N–H and O–H groups in total. The van der Waals surface area contributed by atoms with Crippen LogP contribution in [-0.4, -0.2) is 77.5 Å². The number of hydrogen-bond acceptors (Lipinski definition) is 7. The minimum atomic E-state index is -1.14. The fraction of sp³-hybridized carbons (Fsp3) is 0.783. The first-order valence-electron chi connectivity index (χ1n) is 12.2. The zero-order valence-electron chi connectivity index (χ0n) is 22.1. The Morgan fingerprint density at radius 1 is 0.833 bits per heavy atom. The van der Waals surface area contributed by atoms with E-state index in [1.807, 2.05) is 34.0 Å². The Hall–Kier alpha value is -2.54. The maximum atomic E-state index is 13.2. The van der Waals surface area contributed by atoms with E-state index in [9.17, 15) is 24.3 Å². The second-order valence-corrected chi connectivity index (χ2v) is 10.6. The third-order valence-electron chi connectivity index (χ3n) is 5.21. The van der Waals surface area contributed by atoms with Gasteiger partial charge in [-0.05, 0) is 55.9 Å². The first kappa shape index (κ1) is 33.5. The van der Waals surface area contributed by atoms with Gasteiger partial charge in [-0.1, -0.05) is 27.7 Å². The number of amides is 3. The summed E-state index contributed by atoms with van der Waals surface area (Å²) in [4.78, 5) is 54.2. The van der Waals surface area contributed by atoms with Gasteiger partial charge in [-0.25, -0.2) is 4.79 Å². The van der Waals surface area contributed by atoms with Crippen molar-refractivity contribution in [3.05, 3.63) is 0 Å². The highest BCUT2D eigenvalue weighted by Gasteiger charge is 2.30. The molecular formula is C23H45N7O5S. The lowest BCUT2D eigenvalue weighted by Gasteiger charge is -2.26. The van der Waals surface area contributed by atoms with Gasteiger partial charge in [0.1, 0.15) is 18.1 Å². The second-order valence-electron chi connectivity index (χ2n) is 9.62. The van der Waals surface area contributed by atoms with E-state index >= 15 is 0 Å². The number of guanidine groups is 1. The molecule has 0 bridgehead atoms. The summed E-state index contributed by atoms with van der Waals surface area (Å²) in [6, 6.07) is -3.81. The van der Waals surface area contributed by atoms with E-state index in [0.29, 0.717) is 18.6 Å². The first-order valence-corrected chi connectivity index (χ1v) is 13.6. The second kappa shape index (κ2) is 17.8. The monoisotopic (exact) mass is 531 g/mol. The summed E-state index contributed by atoms with van der Waals surface area (Å²) in [6.07, 6.45) is 3.49. The fourth-order valence-electron chi connectivity index (χ4n) is 3.37. The van der Waals surface area contributed by atoms with Crippen molar-refractivity contribution in [1.82, 2.24) is 16.0 Å². The summed E-state index contributed by atoms with van der Waals surface area (Å²) in [5.74, 6) is -2.09. The molecule has 0 aliphatic heterocycles. The van der Waals surface area contributed by atoms with E-state index in [1.54, 1.807) is 11.8 Å². The summed E-state index contributed by atoms with van der Waals surface area (Å²) in [5, 5.41) is 17.4. The van der Waals surface area contributed by atoms with Gasteiger partial charge in [-0.2, -0.15) is 11.8 Å². The summed E-state index contributed by atoms with van der Waals surface area (Å²) >= 11 is 1.56. The smallest absolute Gasteiger partial charge is 0.326 e. The third-order valence-corrected chi connectivity index (χ3v) is 5.85. The van der Waals surface area contributed by atoms with Crippen molar-refractivity contribution >= 4 is 41.4 Å². The average molecular weight is 532 g/mol. The van der Waals surface area contributed by atoms with Crippen LogP contribution >= 0.6 is 11.8 Å². The Morgan fingerprint density at radius 2 is 1.33 bits per heavy atom. The molecule has 0 radical (unpaired) electrons. The Labute approximate surface area is 218 Å². The lowest BCUT2D eigenvalue weighted by Crippen LogP contribution is -2.57. The number of carbonyl (C=O) groups excluding carboxylic acids is 3. The van der Waals surface area contributed by atoms with Gasteiger partial charge >= 0.3 is 5.97 Å². The number of aliphatic imine (C=N–C) groups is 1. The van der Waals surface area contributed by atoms with E-state index in [0.717, 1.165) is 0 Å². The molecular weight excluding hydrogens is 486 g/mol. The molecule has 36 heavy (non-hydrogen) atoms. The normalized spacial score (nSPS) is 14.4. The fourth-order valence-corrected chi connectivity index (χ4v) is 3.86. The molecule has 0 heterocycles. The average Bonchev–Trinajstić information content (AvgIpc) is 2.77. The highest BCUT2D eigenvalue weighted by Crippen LogP contribution is 2.10. The van der Waals surface area contributed by atoms with Crippen LogP contribution in [-0.2, 0) is 19.2 Å². The number of carbonyl (C=O) groups is 4. The molecule has 0 aliphatic rings. The van der Waals surface area contributed by atoms with Crippen molar-refractivity contribution < 1.29 is 24.3 Å². The third kappa shape index (κ3) is 14.8. The SMILES string of the molecule is CSCCC(N)C(=O)NC(CCCN=C(N)N)C(=O)NC(CC(C)C)C(=O)NC(CC(C)C)C(=O)O. The maximum absolute atomic E-state index is 13.2. The van der Waals surface area contributed by atoms with Crippen LogP contribution in [0.4, 0.5) is 0 Å². The van der Waals surface area contributed by atoms with Gasteiger partial charge in [0.2, 0.25) is 17.7 Å². The van der Waals surface area contributed by atoms with E-state index < -0.39 is 47.9 Å². The van der Waals surface area contributed by atoms with Crippen molar-refractivity contribution in [2.75, 3.05) is 18.6 Å². The van der Waals surface area contributed by atoms with Crippen molar-refractivity contribution in [2.24, 2.45) is 34.0 Å². The van der Waals surface area contributed by atoms with Crippen LogP contribution in [0, 0.1) is 11.8 Å². The number of carboxylic acid groups (broad SMARTS) is 1. The maximum Gasteiger partial charge on any atom is 0.326 e. The zero-order chi connectivity index (χ0) is 27.8.